The summed E-state index contributed by atoms with van der Waals surface area (Å²) in [6.45, 7) is 3.96. The number of hydrogen-bond donors (Lipinski definition) is 2. The fraction of sp³-hybridized carbons (Fsp3) is 0.889. The third-order valence-electron chi connectivity index (χ3n) is 3.10. The van der Waals surface area contributed by atoms with Gasteiger partial charge in [-0.05, 0) is 25.8 Å². The van der Waals surface area contributed by atoms with Gasteiger partial charge in [-0.1, -0.05) is 0 Å². The zero-order valence-electron chi connectivity index (χ0n) is 8.16. The normalized spacial score (nSPS) is 39.8. The molecule has 1 aliphatic carbocycles. The molecule has 74 valence electrons. The highest BCUT2D eigenvalue weighted by atomic mass is 16.2. The Labute approximate surface area is 78.5 Å². The number of rotatable bonds is 2. The van der Waals surface area contributed by atoms with Crippen LogP contribution in [0.4, 0.5) is 0 Å². The van der Waals surface area contributed by atoms with Crippen LogP contribution in [0.2, 0.25) is 0 Å². The molecule has 1 saturated carbocycles. The molecule has 2 aliphatic rings. The minimum absolute atomic E-state index is 0.0120. The van der Waals surface area contributed by atoms with Crippen LogP contribution in [-0.4, -0.2) is 43.0 Å². The average molecular weight is 183 g/mol. The Morgan fingerprint density at radius 1 is 1.54 bits per heavy atom. The van der Waals surface area contributed by atoms with E-state index in [2.05, 4.69) is 17.3 Å². The van der Waals surface area contributed by atoms with Crippen molar-refractivity contribution in [1.29, 1.82) is 0 Å². The van der Waals surface area contributed by atoms with Gasteiger partial charge < -0.3 is 16.0 Å². The smallest absolute Gasteiger partial charge is 0.236 e. The summed E-state index contributed by atoms with van der Waals surface area (Å²) < 4.78 is 0. The van der Waals surface area contributed by atoms with Crippen molar-refractivity contribution < 1.29 is 4.79 Å². The van der Waals surface area contributed by atoms with Crippen molar-refractivity contribution in [1.82, 2.24) is 10.2 Å². The van der Waals surface area contributed by atoms with Gasteiger partial charge in [0.1, 0.15) is 0 Å². The van der Waals surface area contributed by atoms with Crippen LogP contribution in [0.25, 0.3) is 0 Å². The quantitative estimate of drug-likeness (QED) is 0.578. The highest BCUT2D eigenvalue weighted by Gasteiger charge is 2.55. The largest absolute Gasteiger partial charge is 0.351 e. The molecule has 2 rings (SSSR count). The van der Waals surface area contributed by atoms with Crippen LogP contribution in [0.1, 0.15) is 6.92 Å². The van der Waals surface area contributed by atoms with E-state index in [9.17, 15) is 4.79 Å². The average Bonchev–Trinajstić information content (AvgIpc) is 2.54. The fourth-order valence-corrected chi connectivity index (χ4v) is 2.25. The standard InChI is InChI=1S/C9H17N3O/c1-5(10)9(13)11-8-6-3-12(2)4-7(6)8/h5-8H,3-4,10H2,1-2H3,(H,11,13)/t5-,6?,7?,8?/m0/s1. The second kappa shape index (κ2) is 2.96. The van der Waals surface area contributed by atoms with Gasteiger partial charge in [-0.15, -0.1) is 0 Å². The number of carbonyl (C=O) groups excluding carboxylic acids is 1. The van der Waals surface area contributed by atoms with E-state index in [-0.39, 0.29) is 11.9 Å². The SMILES string of the molecule is C[C@H](N)C(=O)NC1C2CN(C)CC21. The highest BCUT2D eigenvalue weighted by molar-refractivity contribution is 5.81. The molecular weight excluding hydrogens is 166 g/mol. The summed E-state index contributed by atoms with van der Waals surface area (Å²) in [6.07, 6.45) is 0. The minimum atomic E-state index is -0.376. The van der Waals surface area contributed by atoms with Gasteiger partial charge in [0.15, 0.2) is 0 Å². The molecule has 1 heterocycles. The molecule has 0 aromatic rings. The van der Waals surface area contributed by atoms with E-state index < -0.39 is 0 Å². The van der Waals surface area contributed by atoms with Crippen LogP contribution >= 0.6 is 0 Å². The first-order valence-corrected chi connectivity index (χ1v) is 4.84. The lowest BCUT2D eigenvalue weighted by Gasteiger charge is -2.14. The molecule has 1 saturated heterocycles. The Morgan fingerprint density at radius 2 is 2.08 bits per heavy atom. The topological polar surface area (TPSA) is 58.4 Å². The van der Waals surface area contributed by atoms with Gasteiger partial charge >= 0.3 is 0 Å². The lowest BCUT2D eigenvalue weighted by molar-refractivity contribution is -0.122. The Kier molecular flexibility index (Phi) is 2.04. The number of carbonyl (C=O) groups is 1. The molecular formula is C9H17N3O. The zero-order valence-corrected chi connectivity index (χ0v) is 8.16. The van der Waals surface area contributed by atoms with Gasteiger partial charge in [-0.25, -0.2) is 0 Å². The van der Waals surface area contributed by atoms with Gasteiger partial charge in [0.25, 0.3) is 0 Å². The maximum Gasteiger partial charge on any atom is 0.236 e. The number of amides is 1. The molecule has 0 aromatic carbocycles. The molecule has 4 nitrogen and oxygen atoms in total. The summed E-state index contributed by atoms with van der Waals surface area (Å²) in [5.41, 5.74) is 5.47. The minimum Gasteiger partial charge on any atom is -0.351 e. The molecule has 2 unspecified atom stereocenters. The first-order valence-electron chi connectivity index (χ1n) is 4.84. The monoisotopic (exact) mass is 183 g/mol. The molecule has 1 amide bonds. The van der Waals surface area contributed by atoms with E-state index in [1.54, 1.807) is 6.92 Å². The van der Waals surface area contributed by atoms with Crippen molar-refractivity contribution in [2.45, 2.75) is 19.0 Å². The summed E-state index contributed by atoms with van der Waals surface area (Å²) in [5.74, 6) is 1.36. The number of nitrogens with two attached hydrogens (primary N) is 1. The van der Waals surface area contributed by atoms with E-state index in [4.69, 9.17) is 5.73 Å². The molecule has 1 aliphatic heterocycles. The molecule has 0 bridgehead atoms. The Morgan fingerprint density at radius 3 is 2.54 bits per heavy atom. The van der Waals surface area contributed by atoms with E-state index in [0.29, 0.717) is 17.9 Å². The van der Waals surface area contributed by atoms with Crippen LogP contribution in [0.5, 0.6) is 0 Å². The lowest BCUT2D eigenvalue weighted by atomic mass is 10.3. The van der Waals surface area contributed by atoms with Gasteiger partial charge in [0.05, 0.1) is 6.04 Å². The zero-order chi connectivity index (χ0) is 9.59. The first-order chi connectivity index (χ1) is 6.09. The number of hydrogen-bond acceptors (Lipinski definition) is 3. The first kappa shape index (κ1) is 8.97. The van der Waals surface area contributed by atoms with Crippen LogP contribution in [0.3, 0.4) is 0 Å². The lowest BCUT2D eigenvalue weighted by Crippen LogP contribution is -2.42. The fourth-order valence-electron chi connectivity index (χ4n) is 2.25. The Balaban J connectivity index is 1.79. The van der Waals surface area contributed by atoms with E-state index in [1.807, 2.05) is 0 Å². The van der Waals surface area contributed by atoms with Crippen molar-refractivity contribution in [3.05, 3.63) is 0 Å². The highest BCUT2D eigenvalue weighted by Crippen LogP contribution is 2.44. The van der Waals surface area contributed by atoms with Gasteiger partial charge in [0.2, 0.25) is 5.91 Å². The number of nitrogens with zero attached hydrogens (tertiary/aromatic N) is 1. The molecule has 13 heavy (non-hydrogen) atoms. The van der Waals surface area contributed by atoms with Crippen molar-refractivity contribution in [2.75, 3.05) is 20.1 Å². The Bertz CT molecular complexity index is 217. The molecule has 0 aromatic heterocycles. The second-order valence-electron chi connectivity index (χ2n) is 4.37. The van der Waals surface area contributed by atoms with E-state index >= 15 is 0 Å². The number of piperidine rings is 1. The van der Waals surface area contributed by atoms with E-state index in [1.165, 1.54) is 0 Å². The van der Waals surface area contributed by atoms with Crippen LogP contribution in [0, 0.1) is 11.8 Å². The summed E-state index contributed by atoms with van der Waals surface area (Å²) in [6, 6.07) is 0.0359. The van der Waals surface area contributed by atoms with Crippen LogP contribution in [0.15, 0.2) is 0 Å². The maximum atomic E-state index is 11.3. The van der Waals surface area contributed by atoms with Gasteiger partial charge in [0, 0.05) is 19.1 Å². The van der Waals surface area contributed by atoms with Crippen molar-refractivity contribution in [2.24, 2.45) is 17.6 Å². The number of nitrogens with one attached hydrogen (secondary N) is 1. The van der Waals surface area contributed by atoms with Crippen LogP contribution in [-0.2, 0) is 4.79 Å². The predicted octanol–water partition coefficient (Wildman–Crippen LogP) is -0.990. The van der Waals surface area contributed by atoms with Gasteiger partial charge in [-0.2, -0.15) is 0 Å². The summed E-state index contributed by atoms with van der Waals surface area (Å²) in [5, 5.41) is 2.99. The molecule has 3 N–H and O–H groups in total. The Hall–Kier alpha value is -0.610. The van der Waals surface area contributed by atoms with Crippen LogP contribution < -0.4 is 11.1 Å². The number of fused-ring (bicyclic) bond motifs is 1. The summed E-state index contributed by atoms with van der Waals surface area (Å²) in [4.78, 5) is 13.6. The molecule has 0 spiro atoms. The molecule has 3 atom stereocenters. The summed E-state index contributed by atoms with van der Waals surface area (Å²) >= 11 is 0. The van der Waals surface area contributed by atoms with Crippen molar-refractivity contribution >= 4 is 5.91 Å². The third-order valence-corrected chi connectivity index (χ3v) is 3.10. The molecule has 2 fully saturated rings. The van der Waals surface area contributed by atoms with E-state index in [0.717, 1.165) is 13.1 Å². The molecule has 4 heteroatoms. The second-order valence-corrected chi connectivity index (χ2v) is 4.37. The molecule has 0 radical (unpaired) electrons. The summed E-state index contributed by atoms with van der Waals surface area (Å²) in [7, 11) is 2.12. The third kappa shape index (κ3) is 1.56. The van der Waals surface area contributed by atoms with Crippen molar-refractivity contribution in [3.8, 4) is 0 Å². The predicted molar refractivity (Wildman–Crippen MR) is 50.1 cm³/mol. The number of likely N-dealkylation sites (tertiary alicyclic amines) is 1. The van der Waals surface area contributed by atoms with Gasteiger partial charge in [-0.3, -0.25) is 4.79 Å². The maximum absolute atomic E-state index is 11.3. The van der Waals surface area contributed by atoms with Crippen molar-refractivity contribution in [3.63, 3.8) is 0 Å².